The van der Waals surface area contributed by atoms with Crippen molar-refractivity contribution in [1.29, 1.82) is 0 Å². The Balaban J connectivity index is 1.46. The average molecular weight is 294 g/mol. The van der Waals surface area contributed by atoms with E-state index in [0.29, 0.717) is 0 Å². The van der Waals surface area contributed by atoms with Crippen LogP contribution >= 0.6 is 0 Å². The van der Waals surface area contributed by atoms with Gasteiger partial charge in [-0.1, -0.05) is 12.1 Å². The fraction of sp³-hybridized carbons (Fsp3) is 0.312. The molecule has 0 aliphatic carbocycles. The van der Waals surface area contributed by atoms with Gasteiger partial charge in [-0.2, -0.15) is 0 Å². The maximum Gasteiger partial charge on any atom is 0.334 e. The number of hydrogen-bond donors (Lipinski definition) is 1. The Morgan fingerprint density at radius 1 is 1.09 bits per heavy atom. The lowest BCUT2D eigenvalue weighted by Crippen LogP contribution is -2.47. The van der Waals surface area contributed by atoms with Crippen molar-refractivity contribution in [2.45, 2.75) is 6.29 Å². The van der Waals surface area contributed by atoms with Gasteiger partial charge < -0.3 is 19.6 Å². The maximum atomic E-state index is 9.66. The molecular weight excluding hydrogens is 277 g/mol. The number of rotatable bonds is 2. The van der Waals surface area contributed by atoms with Crippen molar-refractivity contribution in [1.82, 2.24) is 4.98 Å². The number of nitrogens with zero attached hydrogens (tertiary/aromatic N) is 3. The minimum atomic E-state index is -0.815. The molecule has 0 amide bonds. The molecular formula is C16H17BN3O2. The third-order valence-electron chi connectivity index (χ3n) is 4.28. The molecule has 4 rings (SSSR count). The number of fused-ring (bicyclic) bond motifs is 1. The van der Waals surface area contributed by atoms with E-state index in [2.05, 4.69) is 33.0 Å². The molecule has 111 valence electrons. The van der Waals surface area contributed by atoms with Crippen LogP contribution in [0.25, 0.3) is 0 Å². The van der Waals surface area contributed by atoms with Crippen LogP contribution < -0.4 is 15.3 Å². The molecule has 1 atom stereocenters. The molecule has 6 heteroatoms. The highest BCUT2D eigenvalue weighted by Crippen LogP contribution is 2.23. The first kappa shape index (κ1) is 13.6. The average Bonchev–Trinajstić information content (AvgIpc) is 2.96. The van der Waals surface area contributed by atoms with Crippen molar-refractivity contribution in [3.8, 4) is 0 Å². The van der Waals surface area contributed by atoms with E-state index in [1.807, 2.05) is 24.4 Å². The van der Waals surface area contributed by atoms with Gasteiger partial charge >= 0.3 is 7.48 Å². The summed E-state index contributed by atoms with van der Waals surface area (Å²) in [6.07, 6.45) is 1.02. The van der Waals surface area contributed by atoms with Gasteiger partial charge in [0, 0.05) is 43.6 Å². The van der Waals surface area contributed by atoms with Crippen molar-refractivity contribution in [3.63, 3.8) is 0 Å². The largest absolute Gasteiger partial charge is 0.407 e. The minimum Gasteiger partial charge on any atom is -0.407 e. The highest BCUT2D eigenvalue weighted by atomic mass is 16.6. The van der Waals surface area contributed by atoms with E-state index in [1.54, 1.807) is 7.48 Å². The molecule has 2 aliphatic rings. The molecule has 2 aromatic rings. The summed E-state index contributed by atoms with van der Waals surface area (Å²) in [7, 11) is 1.63. The Hall–Kier alpha value is -2.05. The Bertz CT molecular complexity index is 660. The zero-order chi connectivity index (χ0) is 14.9. The van der Waals surface area contributed by atoms with Crippen molar-refractivity contribution < 1.29 is 9.76 Å². The summed E-state index contributed by atoms with van der Waals surface area (Å²) in [5, 5.41) is 9.66. The van der Waals surface area contributed by atoms with Crippen LogP contribution in [-0.2, 0) is 4.65 Å². The van der Waals surface area contributed by atoms with Crippen LogP contribution in [0.15, 0.2) is 42.6 Å². The molecule has 1 N–H and O–H groups in total. The molecule has 1 aromatic carbocycles. The molecule has 22 heavy (non-hydrogen) atoms. The summed E-state index contributed by atoms with van der Waals surface area (Å²) in [5.41, 5.74) is 2.99. The number of benzene rings is 1. The molecule has 1 fully saturated rings. The van der Waals surface area contributed by atoms with E-state index in [1.165, 1.54) is 5.69 Å². The highest BCUT2D eigenvalue weighted by Gasteiger charge is 2.24. The van der Waals surface area contributed by atoms with Gasteiger partial charge in [0.25, 0.3) is 0 Å². The van der Waals surface area contributed by atoms with Gasteiger partial charge in [0.1, 0.15) is 5.82 Å². The monoisotopic (exact) mass is 294 g/mol. The SMILES string of the molecule is OC1O[B]c2cc(N3CCN(c4ccccn4)CC3)ccc21. The van der Waals surface area contributed by atoms with Gasteiger partial charge in [-0.15, -0.1) is 0 Å². The third-order valence-corrected chi connectivity index (χ3v) is 4.28. The Morgan fingerprint density at radius 2 is 1.91 bits per heavy atom. The van der Waals surface area contributed by atoms with Crippen LogP contribution in [0.4, 0.5) is 11.5 Å². The van der Waals surface area contributed by atoms with Crippen LogP contribution in [0, 0.1) is 0 Å². The van der Waals surface area contributed by atoms with E-state index in [4.69, 9.17) is 4.65 Å². The van der Waals surface area contributed by atoms with Gasteiger partial charge in [0.2, 0.25) is 0 Å². The summed E-state index contributed by atoms with van der Waals surface area (Å²) in [4.78, 5) is 9.08. The first-order valence-electron chi connectivity index (χ1n) is 7.53. The lowest BCUT2D eigenvalue weighted by Gasteiger charge is -2.36. The quantitative estimate of drug-likeness (QED) is 0.825. The number of anilines is 2. The second kappa shape index (κ2) is 5.63. The first-order valence-corrected chi connectivity index (χ1v) is 7.53. The van der Waals surface area contributed by atoms with E-state index < -0.39 is 6.29 Å². The summed E-state index contributed by atoms with van der Waals surface area (Å²) < 4.78 is 5.14. The number of piperazine rings is 1. The van der Waals surface area contributed by atoms with E-state index in [9.17, 15) is 5.11 Å². The lowest BCUT2D eigenvalue weighted by atomic mass is 9.87. The Morgan fingerprint density at radius 3 is 2.68 bits per heavy atom. The summed E-state index contributed by atoms with van der Waals surface area (Å²) in [6, 6.07) is 12.1. The molecule has 0 bridgehead atoms. The number of aliphatic hydroxyl groups is 1. The molecule has 0 spiro atoms. The molecule has 1 aromatic heterocycles. The molecule has 1 unspecified atom stereocenters. The van der Waals surface area contributed by atoms with Crippen LogP contribution in [0.3, 0.4) is 0 Å². The van der Waals surface area contributed by atoms with Gasteiger partial charge in [-0.25, -0.2) is 4.98 Å². The Labute approximate surface area is 130 Å². The molecule has 2 aliphatic heterocycles. The predicted octanol–water partition coefficient (Wildman–Crippen LogP) is 0.674. The first-order chi connectivity index (χ1) is 10.8. The van der Waals surface area contributed by atoms with E-state index >= 15 is 0 Å². The summed E-state index contributed by atoms with van der Waals surface area (Å²) >= 11 is 0. The van der Waals surface area contributed by atoms with Crippen molar-refractivity contribution in [2.75, 3.05) is 36.0 Å². The van der Waals surface area contributed by atoms with Crippen molar-refractivity contribution >= 4 is 24.5 Å². The zero-order valence-electron chi connectivity index (χ0n) is 12.2. The Kier molecular flexibility index (Phi) is 3.48. The second-order valence-corrected chi connectivity index (χ2v) is 5.58. The third kappa shape index (κ3) is 2.44. The van der Waals surface area contributed by atoms with Gasteiger partial charge in [-0.3, -0.25) is 0 Å². The molecule has 1 radical (unpaired) electrons. The zero-order valence-corrected chi connectivity index (χ0v) is 12.2. The number of pyridine rings is 1. The normalized spacial score (nSPS) is 20.7. The number of aliphatic hydroxyl groups excluding tert-OH is 1. The highest BCUT2D eigenvalue weighted by molar-refractivity contribution is 6.49. The predicted molar refractivity (Wildman–Crippen MR) is 86.5 cm³/mol. The topological polar surface area (TPSA) is 48.8 Å². The van der Waals surface area contributed by atoms with Crippen LogP contribution in [0.2, 0.25) is 0 Å². The van der Waals surface area contributed by atoms with Crippen LogP contribution in [0.1, 0.15) is 11.9 Å². The van der Waals surface area contributed by atoms with Gasteiger partial charge in [0.05, 0.1) is 0 Å². The van der Waals surface area contributed by atoms with Gasteiger partial charge in [-0.05, 0) is 29.7 Å². The van der Waals surface area contributed by atoms with E-state index in [0.717, 1.165) is 43.0 Å². The molecule has 1 saturated heterocycles. The van der Waals surface area contributed by atoms with Gasteiger partial charge in [0.15, 0.2) is 6.29 Å². The standard InChI is InChI=1S/C16H17BN3O2/c21-16-13-5-4-12(11-14(13)17-22-16)19-7-9-20(10-8-19)15-3-1-2-6-18-15/h1-6,11,16,21H,7-10H2. The van der Waals surface area contributed by atoms with Crippen LogP contribution in [-0.4, -0.2) is 43.8 Å². The lowest BCUT2D eigenvalue weighted by molar-refractivity contribution is -0.00793. The fourth-order valence-corrected chi connectivity index (χ4v) is 3.03. The molecule has 3 heterocycles. The van der Waals surface area contributed by atoms with Crippen molar-refractivity contribution in [3.05, 3.63) is 48.2 Å². The number of hydrogen-bond acceptors (Lipinski definition) is 5. The second-order valence-electron chi connectivity index (χ2n) is 5.58. The van der Waals surface area contributed by atoms with Crippen LogP contribution in [0.5, 0.6) is 0 Å². The molecule has 0 saturated carbocycles. The van der Waals surface area contributed by atoms with Crippen molar-refractivity contribution in [2.24, 2.45) is 0 Å². The maximum absolute atomic E-state index is 9.66. The fourth-order valence-electron chi connectivity index (χ4n) is 3.03. The smallest absolute Gasteiger partial charge is 0.334 e. The summed E-state index contributed by atoms with van der Waals surface area (Å²) in [5.74, 6) is 1.04. The minimum absolute atomic E-state index is 0.815. The molecule has 5 nitrogen and oxygen atoms in total. The number of aromatic nitrogens is 1. The summed E-state index contributed by atoms with van der Waals surface area (Å²) in [6.45, 7) is 3.82. The van der Waals surface area contributed by atoms with E-state index in [-0.39, 0.29) is 0 Å².